The Hall–Kier alpha value is -1.85. The van der Waals surface area contributed by atoms with Crippen LogP contribution in [0.1, 0.15) is 24.5 Å². The summed E-state index contributed by atoms with van der Waals surface area (Å²) in [6.45, 7) is 2.43. The van der Waals surface area contributed by atoms with E-state index in [0.717, 1.165) is 18.4 Å². The minimum Gasteiger partial charge on any atom is -0.326 e. The van der Waals surface area contributed by atoms with Gasteiger partial charge in [0.1, 0.15) is 0 Å². The Labute approximate surface area is 126 Å². The highest BCUT2D eigenvalue weighted by Crippen LogP contribution is 2.18. The number of nitrogens with one attached hydrogen (secondary N) is 1. The fourth-order valence-electron chi connectivity index (χ4n) is 2.08. The van der Waals surface area contributed by atoms with Crippen molar-refractivity contribution in [1.82, 2.24) is 0 Å². The molecule has 0 saturated heterocycles. The Morgan fingerprint density at radius 3 is 2.38 bits per heavy atom. The number of hydrogen-bond acceptors (Lipinski definition) is 3. The van der Waals surface area contributed by atoms with Gasteiger partial charge in [-0.25, -0.2) is 8.42 Å². The highest BCUT2D eigenvalue weighted by Gasteiger charge is 2.14. The monoisotopic (exact) mass is 304 g/mol. The van der Waals surface area contributed by atoms with Gasteiger partial charge in [0.2, 0.25) is 0 Å². The van der Waals surface area contributed by atoms with Crippen LogP contribution in [0.3, 0.4) is 0 Å². The molecule has 4 nitrogen and oxygen atoms in total. The molecule has 0 aliphatic rings. The lowest BCUT2D eigenvalue weighted by Gasteiger charge is -2.09. The first-order chi connectivity index (χ1) is 10.0. The summed E-state index contributed by atoms with van der Waals surface area (Å²) in [5.74, 6) is 0. The van der Waals surface area contributed by atoms with Gasteiger partial charge in [0, 0.05) is 12.2 Å². The molecular formula is C16H20N2O2S. The number of benzene rings is 2. The zero-order valence-electron chi connectivity index (χ0n) is 12.0. The Morgan fingerprint density at radius 1 is 1.05 bits per heavy atom. The van der Waals surface area contributed by atoms with Gasteiger partial charge in [0.05, 0.1) is 4.90 Å². The Balaban J connectivity index is 2.20. The van der Waals surface area contributed by atoms with Crippen molar-refractivity contribution in [2.45, 2.75) is 31.2 Å². The predicted molar refractivity (Wildman–Crippen MR) is 85.6 cm³/mol. The first-order valence-electron chi connectivity index (χ1n) is 6.96. The zero-order chi connectivity index (χ0) is 15.3. The highest BCUT2D eigenvalue weighted by atomic mass is 32.2. The van der Waals surface area contributed by atoms with Crippen molar-refractivity contribution in [3.8, 4) is 0 Å². The van der Waals surface area contributed by atoms with Crippen molar-refractivity contribution in [1.29, 1.82) is 0 Å². The molecule has 2 aromatic carbocycles. The van der Waals surface area contributed by atoms with Crippen LogP contribution in [0.4, 0.5) is 5.69 Å². The number of anilines is 1. The molecule has 0 aromatic heterocycles. The van der Waals surface area contributed by atoms with Gasteiger partial charge in [-0.1, -0.05) is 37.6 Å². The van der Waals surface area contributed by atoms with Crippen LogP contribution in [-0.4, -0.2) is 8.42 Å². The summed E-state index contributed by atoms with van der Waals surface area (Å²) < 4.78 is 27.2. The molecule has 5 heteroatoms. The summed E-state index contributed by atoms with van der Waals surface area (Å²) in [4.78, 5) is 0.225. The van der Waals surface area contributed by atoms with E-state index in [1.165, 1.54) is 5.56 Å². The molecule has 0 aliphatic carbocycles. The lowest BCUT2D eigenvalue weighted by atomic mass is 10.1. The van der Waals surface area contributed by atoms with Gasteiger partial charge < -0.3 is 5.73 Å². The quantitative estimate of drug-likeness (QED) is 0.862. The Bertz CT molecular complexity index is 694. The van der Waals surface area contributed by atoms with Gasteiger partial charge in [-0.2, -0.15) is 0 Å². The van der Waals surface area contributed by atoms with Crippen LogP contribution >= 0.6 is 0 Å². The van der Waals surface area contributed by atoms with Crippen molar-refractivity contribution in [3.63, 3.8) is 0 Å². The molecular weight excluding hydrogens is 284 g/mol. The van der Waals surface area contributed by atoms with Crippen molar-refractivity contribution in [2.24, 2.45) is 5.73 Å². The zero-order valence-corrected chi connectivity index (χ0v) is 12.9. The van der Waals surface area contributed by atoms with E-state index in [0.29, 0.717) is 12.2 Å². The number of hydrogen-bond donors (Lipinski definition) is 2. The first kappa shape index (κ1) is 15.5. The standard InChI is InChI=1S/C16H20N2O2S/c1-2-4-13-7-9-15(10-8-13)18-21(19,20)16-6-3-5-14(11-16)12-17/h3,5-11,18H,2,4,12,17H2,1H3. The molecule has 3 N–H and O–H groups in total. The van der Waals surface area contributed by atoms with Gasteiger partial charge in [-0.05, 0) is 41.8 Å². The van der Waals surface area contributed by atoms with Gasteiger partial charge >= 0.3 is 0 Å². The molecule has 0 fully saturated rings. The van der Waals surface area contributed by atoms with E-state index >= 15 is 0 Å². The van der Waals surface area contributed by atoms with E-state index in [1.54, 1.807) is 36.4 Å². The van der Waals surface area contributed by atoms with Crippen molar-refractivity contribution >= 4 is 15.7 Å². The Morgan fingerprint density at radius 2 is 1.76 bits per heavy atom. The molecule has 112 valence electrons. The lowest BCUT2D eigenvalue weighted by molar-refractivity contribution is 0.601. The molecule has 0 atom stereocenters. The molecule has 0 saturated carbocycles. The van der Waals surface area contributed by atoms with E-state index in [2.05, 4.69) is 11.6 Å². The van der Waals surface area contributed by atoms with Crippen LogP contribution in [0.25, 0.3) is 0 Å². The summed E-state index contributed by atoms with van der Waals surface area (Å²) in [6.07, 6.45) is 2.06. The minimum absolute atomic E-state index is 0.225. The Kier molecular flexibility index (Phi) is 4.98. The number of nitrogens with two attached hydrogens (primary N) is 1. The average molecular weight is 304 g/mol. The highest BCUT2D eigenvalue weighted by molar-refractivity contribution is 7.92. The number of rotatable bonds is 6. The third kappa shape index (κ3) is 4.06. The molecule has 0 heterocycles. The molecule has 0 spiro atoms. The van der Waals surface area contributed by atoms with Crippen LogP contribution in [0.15, 0.2) is 53.4 Å². The van der Waals surface area contributed by atoms with Crippen molar-refractivity contribution in [3.05, 3.63) is 59.7 Å². The van der Waals surface area contributed by atoms with Crippen LogP contribution < -0.4 is 10.5 Å². The maximum atomic E-state index is 12.3. The molecule has 2 aromatic rings. The second-order valence-corrected chi connectivity index (χ2v) is 6.59. The van der Waals surface area contributed by atoms with Gasteiger partial charge in [0.25, 0.3) is 10.0 Å². The molecule has 0 bridgehead atoms. The summed E-state index contributed by atoms with van der Waals surface area (Å²) >= 11 is 0. The third-order valence-electron chi connectivity index (χ3n) is 3.19. The van der Waals surface area contributed by atoms with Gasteiger partial charge in [-0.15, -0.1) is 0 Å². The second-order valence-electron chi connectivity index (χ2n) is 4.90. The first-order valence-corrected chi connectivity index (χ1v) is 8.44. The molecule has 21 heavy (non-hydrogen) atoms. The lowest BCUT2D eigenvalue weighted by Crippen LogP contribution is -2.13. The average Bonchev–Trinajstić information content (AvgIpc) is 2.49. The predicted octanol–water partition coefficient (Wildman–Crippen LogP) is 2.90. The smallest absolute Gasteiger partial charge is 0.261 e. The van der Waals surface area contributed by atoms with Crippen molar-refractivity contribution < 1.29 is 8.42 Å². The normalized spacial score (nSPS) is 11.3. The van der Waals surface area contributed by atoms with E-state index in [4.69, 9.17) is 5.73 Å². The molecule has 0 unspecified atom stereocenters. The van der Waals surface area contributed by atoms with E-state index in [1.807, 2.05) is 12.1 Å². The van der Waals surface area contributed by atoms with Crippen LogP contribution in [0.2, 0.25) is 0 Å². The number of aryl methyl sites for hydroxylation is 1. The van der Waals surface area contributed by atoms with Gasteiger partial charge in [0.15, 0.2) is 0 Å². The maximum Gasteiger partial charge on any atom is 0.261 e. The SMILES string of the molecule is CCCc1ccc(NS(=O)(=O)c2cccc(CN)c2)cc1. The van der Waals surface area contributed by atoms with Crippen molar-refractivity contribution in [2.75, 3.05) is 4.72 Å². The fourth-order valence-corrected chi connectivity index (χ4v) is 3.21. The molecule has 2 rings (SSSR count). The maximum absolute atomic E-state index is 12.3. The summed E-state index contributed by atoms with van der Waals surface area (Å²) in [5, 5.41) is 0. The third-order valence-corrected chi connectivity index (χ3v) is 4.57. The molecule has 0 radical (unpaired) electrons. The fraction of sp³-hybridized carbons (Fsp3) is 0.250. The summed E-state index contributed by atoms with van der Waals surface area (Å²) in [5.41, 5.74) is 8.10. The number of sulfonamides is 1. The van der Waals surface area contributed by atoms with E-state index in [-0.39, 0.29) is 4.90 Å². The van der Waals surface area contributed by atoms with Crippen LogP contribution in [0, 0.1) is 0 Å². The summed E-state index contributed by atoms with van der Waals surface area (Å²) in [7, 11) is -3.58. The van der Waals surface area contributed by atoms with E-state index in [9.17, 15) is 8.42 Å². The minimum atomic E-state index is -3.58. The molecule has 0 aliphatic heterocycles. The molecule has 0 amide bonds. The van der Waals surface area contributed by atoms with Crippen LogP contribution in [0.5, 0.6) is 0 Å². The van der Waals surface area contributed by atoms with E-state index < -0.39 is 10.0 Å². The van der Waals surface area contributed by atoms with Gasteiger partial charge in [-0.3, -0.25) is 4.72 Å². The largest absolute Gasteiger partial charge is 0.326 e. The summed E-state index contributed by atoms with van der Waals surface area (Å²) in [6, 6.07) is 14.1. The second kappa shape index (κ2) is 6.74. The van der Waals surface area contributed by atoms with Crippen LogP contribution in [-0.2, 0) is 23.0 Å². The topological polar surface area (TPSA) is 72.2 Å².